The van der Waals surface area contributed by atoms with Gasteiger partial charge in [-0.15, -0.1) is 0 Å². The molecule has 0 spiro atoms. The predicted molar refractivity (Wildman–Crippen MR) is 66.4 cm³/mol. The monoisotopic (exact) mass is 260 g/mol. The zero-order valence-electron chi connectivity index (χ0n) is 10.7. The Balaban J connectivity index is 2.46. The van der Waals surface area contributed by atoms with Crippen LogP contribution in [0, 0.1) is 0 Å². The smallest absolute Gasteiger partial charge is 0.313 e. The van der Waals surface area contributed by atoms with Crippen LogP contribution in [-0.2, 0) is 0 Å². The molecule has 1 rings (SSSR count). The van der Waals surface area contributed by atoms with Gasteiger partial charge in [-0.3, -0.25) is 4.90 Å². The largest absolute Gasteiger partial charge is 0.401 e. The van der Waals surface area contributed by atoms with E-state index in [-0.39, 0.29) is 6.04 Å². The van der Waals surface area contributed by atoms with Crippen LogP contribution < -0.4 is 5.32 Å². The van der Waals surface area contributed by atoms with Gasteiger partial charge in [-0.05, 0) is 32.6 Å². The molecule has 1 N–H and O–H groups in total. The number of rotatable bonds is 6. The summed E-state index contributed by atoms with van der Waals surface area (Å²) in [6, 6.07) is 9.82. The SMILES string of the molecule is CNC(CCN(C)CC(F)(F)F)c1ccccc1. The molecule has 0 aliphatic rings. The maximum Gasteiger partial charge on any atom is 0.401 e. The Morgan fingerprint density at radius 3 is 2.33 bits per heavy atom. The summed E-state index contributed by atoms with van der Waals surface area (Å²) in [5.74, 6) is 0. The fraction of sp³-hybridized carbons (Fsp3) is 0.538. The van der Waals surface area contributed by atoms with E-state index >= 15 is 0 Å². The number of nitrogens with one attached hydrogen (secondary N) is 1. The summed E-state index contributed by atoms with van der Waals surface area (Å²) in [6.07, 6.45) is -3.48. The zero-order chi connectivity index (χ0) is 13.6. The third-order valence-corrected chi connectivity index (χ3v) is 2.80. The Morgan fingerprint density at radius 1 is 1.22 bits per heavy atom. The maximum atomic E-state index is 12.2. The van der Waals surface area contributed by atoms with Crippen LogP contribution in [0.3, 0.4) is 0 Å². The van der Waals surface area contributed by atoms with Crippen LogP contribution in [0.5, 0.6) is 0 Å². The first-order valence-electron chi connectivity index (χ1n) is 5.90. The molecule has 0 bridgehead atoms. The molecule has 0 aliphatic heterocycles. The minimum Gasteiger partial charge on any atom is -0.313 e. The molecule has 2 nitrogen and oxygen atoms in total. The van der Waals surface area contributed by atoms with E-state index in [1.165, 1.54) is 11.9 Å². The molecule has 0 radical (unpaired) electrons. The number of nitrogens with zero attached hydrogens (tertiary/aromatic N) is 1. The topological polar surface area (TPSA) is 15.3 Å². The van der Waals surface area contributed by atoms with Gasteiger partial charge in [0.2, 0.25) is 0 Å². The first-order chi connectivity index (χ1) is 8.42. The number of hydrogen-bond donors (Lipinski definition) is 1. The third kappa shape index (κ3) is 5.51. The molecule has 18 heavy (non-hydrogen) atoms. The molecule has 0 aliphatic carbocycles. The van der Waals surface area contributed by atoms with Gasteiger partial charge in [0, 0.05) is 6.04 Å². The molecule has 0 fully saturated rings. The summed E-state index contributed by atoms with van der Waals surface area (Å²) in [7, 11) is 3.31. The van der Waals surface area contributed by atoms with Crippen molar-refractivity contribution in [3.63, 3.8) is 0 Å². The van der Waals surface area contributed by atoms with Crippen molar-refractivity contribution in [1.29, 1.82) is 0 Å². The number of hydrogen-bond acceptors (Lipinski definition) is 2. The van der Waals surface area contributed by atoms with Crippen LogP contribution in [0.4, 0.5) is 13.2 Å². The quantitative estimate of drug-likeness (QED) is 0.846. The summed E-state index contributed by atoms with van der Waals surface area (Å²) in [5, 5.41) is 3.13. The van der Waals surface area contributed by atoms with Gasteiger partial charge < -0.3 is 5.32 Å². The first-order valence-corrected chi connectivity index (χ1v) is 5.90. The van der Waals surface area contributed by atoms with Crippen molar-refractivity contribution in [3.8, 4) is 0 Å². The highest BCUT2D eigenvalue weighted by atomic mass is 19.4. The maximum absolute atomic E-state index is 12.2. The van der Waals surface area contributed by atoms with Crippen LogP contribution in [0.25, 0.3) is 0 Å². The number of halogens is 3. The van der Waals surface area contributed by atoms with Crippen molar-refractivity contribution < 1.29 is 13.2 Å². The second-order valence-electron chi connectivity index (χ2n) is 4.39. The van der Waals surface area contributed by atoms with Crippen molar-refractivity contribution in [2.24, 2.45) is 0 Å². The predicted octanol–water partition coefficient (Wildman–Crippen LogP) is 2.83. The number of alkyl halides is 3. The van der Waals surface area contributed by atoms with Crippen molar-refractivity contribution in [2.75, 3.05) is 27.2 Å². The van der Waals surface area contributed by atoms with Gasteiger partial charge in [-0.2, -0.15) is 13.2 Å². The van der Waals surface area contributed by atoms with Crippen LogP contribution in [0.2, 0.25) is 0 Å². The molecule has 1 unspecified atom stereocenters. The summed E-state index contributed by atoms with van der Waals surface area (Å²) >= 11 is 0. The molecule has 1 aromatic carbocycles. The second-order valence-corrected chi connectivity index (χ2v) is 4.39. The molecule has 1 aromatic rings. The highest BCUT2D eigenvalue weighted by Crippen LogP contribution is 2.19. The van der Waals surface area contributed by atoms with Crippen molar-refractivity contribution >= 4 is 0 Å². The summed E-state index contributed by atoms with van der Waals surface area (Å²) in [5.41, 5.74) is 1.10. The Hall–Kier alpha value is -1.07. The van der Waals surface area contributed by atoms with Gasteiger partial charge in [0.05, 0.1) is 6.54 Å². The summed E-state index contributed by atoms with van der Waals surface area (Å²) in [4.78, 5) is 1.30. The molecule has 0 saturated heterocycles. The standard InChI is InChI=1S/C13H19F3N2/c1-17-12(11-6-4-3-5-7-11)8-9-18(2)10-13(14,15)16/h3-7,12,17H,8-10H2,1-2H3. The van der Waals surface area contributed by atoms with Crippen LogP contribution in [0.1, 0.15) is 18.0 Å². The lowest BCUT2D eigenvalue weighted by molar-refractivity contribution is -0.143. The molecule has 1 atom stereocenters. The Kier molecular flexibility index (Phi) is 5.62. The molecule has 5 heteroatoms. The summed E-state index contributed by atoms with van der Waals surface area (Å²) < 4.78 is 36.5. The van der Waals surface area contributed by atoms with Crippen LogP contribution >= 0.6 is 0 Å². The highest BCUT2D eigenvalue weighted by molar-refractivity contribution is 5.18. The lowest BCUT2D eigenvalue weighted by Gasteiger charge is -2.22. The minimum atomic E-state index is -4.13. The molecule has 102 valence electrons. The lowest BCUT2D eigenvalue weighted by atomic mass is 10.0. The minimum absolute atomic E-state index is 0.0851. The van der Waals surface area contributed by atoms with Gasteiger partial charge in [0.15, 0.2) is 0 Å². The molecular formula is C13H19F3N2. The van der Waals surface area contributed by atoms with Crippen LogP contribution in [0.15, 0.2) is 30.3 Å². The van der Waals surface area contributed by atoms with E-state index in [1.54, 1.807) is 0 Å². The van der Waals surface area contributed by atoms with Crippen LogP contribution in [-0.4, -0.2) is 38.3 Å². The molecule has 0 aromatic heterocycles. The van der Waals surface area contributed by atoms with E-state index in [0.717, 1.165) is 5.56 Å². The van der Waals surface area contributed by atoms with E-state index < -0.39 is 12.7 Å². The van der Waals surface area contributed by atoms with Gasteiger partial charge >= 0.3 is 6.18 Å². The van der Waals surface area contributed by atoms with E-state index in [9.17, 15) is 13.2 Å². The molecular weight excluding hydrogens is 241 g/mol. The number of benzene rings is 1. The van der Waals surface area contributed by atoms with Crippen molar-refractivity contribution in [2.45, 2.75) is 18.6 Å². The average Bonchev–Trinajstić information content (AvgIpc) is 2.29. The summed E-state index contributed by atoms with van der Waals surface area (Å²) in [6.45, 7) is -0.460. The normalized spacial score (nSPS) is 13.9. The van der Waals surface area contributed by atoms with Gasteiger partial charge in [0.1, 0.15) is 0 Å². The van der Waals surface area contributed by atoms with Crippen molar-refractivity contribution in [3.05, 3.63) is 35.9 Å². The molecule has 0 saturated carbocycles. The van der Waals surface area contributed by atoms with Gasteiger partial charge in [-0.1, -0.05) is 30.3 Å². The van der Waals surface area contributed by atoms with Gasteiger partial charge in [-0.25, -0.2) is 0 Å². The van der Waals surface area contributed by atoms with E-state index in [1.807, 2.05) is 37.4 Å². The highest BCUT2D eigenvalue weighted by Gasteiger charge is 2.29. The fourth-order valence-electron chi connectivity index (χ4n) is 1.90. The third-order valence-electron chi connectivity index (χ3n) is 2.80. The fourth-order valence-corrected chi connectivity index (χ4v) is 1.90. The Bertz CT molecular complexity index is 338. The first kappa shape index (κ1) is 15.0. The van der Waals surface area contributed by atoms with E-state index in [2.05, 4.69) is 5.32 Å². The van der Waals surface area contributed by atoms with Crippen molar-refractivity contribution in [1.82, 2.24) is 10.2 Å². The zero-order valence-corrected chi connectivity index (χ0v) is 10.7. The molecule has 0 heterocycles. The van der Waals surface area contributed by atoms with E-state index in [0.29, 0.717) is 13.0 Å². The average molecular weight is 260 g/mol. The lowest BCUT2D eigenvalue weighted by Crippen LogP contribution is -2.33. The Morgan fingerprint density at radius 2 is 1.83 bits per heavy atom. The Labute approximate surface area is 106 Å². The molecule has 0 amide bonds. The second kappa shape index (κ2) is 6.75. The van der Waals surface area contributed by atoms with E-state index in [4.69, 9.17) is 0 Å². The van der Waals surface area contributed by atoms with Gasteiger partial charge in [0.25, 0.3) is 0 Å².